The molecule has 0 aliphatic carbocycles. The van der Waals surface area contributed by atoms with Crippen molar-refractivity contribution in [1.82, 2.24) is 0 Å². The zero-order chi connectivity index (χ0) is 10.4. The summed E-state index contributed by atoms with van der Waals surface area (Å²) < 4.78 is 8.71. The highest BCUT2D eigenvalue weighted by molar-refractivity contribution is 5.79. The smallest absolute Gasteiger partial charge is 0.322 e. The van der Waals surface area contributed by atoms with E-state index in [1.807, 2.05) is 0 Å². The van der Waals surface area contributed by atoms with Crippen LogP contribution in [0, 0.1) is 0 Å². The van der Waals surface area contributed by atoms with Crippen molar-refractivity contribution in [2.75, 3.05) is 14.2 Å². The molecule has 0 saturated carbocycles. The lowest BCUT2D eigenvalue weighted by molar-refractivity contribution is -0.144. The molecule has 0 aromatic heterocycles. The standard InChI is InChI=1S/C7H14N2O4/c1-12-6(10)4(8)3-5(9)7(11)13-2/h4-5H,3,8-9H2,1-2H3/t4-,5+. The molecule has 0 heterocycles. The van der Waals surface area contributed by atoms with Crippen molar-refractivity contribution >= 4 is 11.9 Å². The van der Waals surface area contributed by atoms with Crippen LogP contribution in [0.5, 0.6) is 0 Å². The largest absolute Gasteiger partial charge is 0.468 e. The fourth-order valence-corrected chi connectivity index (χ4v) is 0.769. The van der Waals surface area contributed by atoms with Gasteiger partial charge in [0.25, 0.3) is 0 Å². The lowest BCUT2D eigenvalue weighted by Crippen LogP contribution is -2.42. The van der Waals surface area contributed by atoms with Gasteiger partial charge in [0.05, 0.1) is 14.2 Å². The zero-order valence-corrected chi connectivity index (χ0v) is 7.65. The number of rotatable bonds is 4. The second-order valence-corrected chi connectivity index (χ2v) is 2.50. The first-order valence-electron chi connectivity index (χ1n) is 3.69. The summed E-state index contributed by atoms with van der Waals surface area (Å²) in [5.74, 6) is -1.20. The first-order valence-corrected chi connectivity index (χ1v) is 3.69. The maximum atomic E-state index is 10.8. The molecule has 0 rings (SSSR count). The van der Waals surface area contributed by atoms with E-state index in [0.29, 0.717) is 0 Å². The monoisotopic (exact) mass is 190 g/mol. The third-order valence-electron chi connectivity index (χ3n) is 1.52. The number of ether oxygens (including phenoxy) is 2. The van der Waals surface area contributed by atoms with Crippen LogP contribution in [-0.4, -0.2) is 38.2 Å². The van der Waals surface area contributed by atoms with Gasteiger partial charge in [-0.25, -0.2) is 0 Å². The molecule has 76 valence electrons. The van der Waals surface area contributed by atoms with Crippen molar-refractivity contribution in [1.29, 1.82) is 0 Å². The lowest BCUT2D eigenvalue weighted by Gasteiger charge is -2.13. The number of hydrogen-bond donors (Lipinski definition) is 2. The van der Waals surface area contributed by atoms with Gasteiger partial charge in [-0.05, 0) is 6.42 Å². The molecule has 0 saturated heterocycles. The number of carbonyl (C=O) groups is 2. The van der Waals surface area contributed by atoms with Gasteiger partial charge in [-0.3, -0.25) is 9.59 Å². The zero-order valence-electron chi connectivity index (χ0n) is 7.65. The number of hydrogen-bond acceptors (Lipinski definition) is 6. The molecular weight excluding hydrogens is 176 g/mol. The summed E-state index contributed by atoms with van der Waals surface area (Å²) in [6.45, 7) is 0. The molecule has 0 bridgehead atoms. The molecule has 2 atom stereocenters. The highest BCUT2D eigenvalue weighted by Crippen LogP contribution is 1.97. The van der Waals surface area contributed by atoms with Gasteiger partial charge in [-0.15, -0.1) is 0 Å². The van der Waals surface area contributed by atoms with Crippen LogP contribution in [0.3, 0.4) is 0 Å². The van der Waals surface area contributed by atoms with Gasteiger partial charge in [-0.2, -0.15) is 0 Å². The maximum Gasteiger partial charge on any atom is 0.322 e. The molecular formula is C7H14N2O4. The predicted molar refractivity (Wildman–Crippen MR) is 44.6 cm³/mol. The summed E-state index contributed by atoms with van der Waals surface area (Å²) in [7, 11) is 2.43. The van der Waals surface area contributed by atoms with Crippen molar-refractivity contribution in [3.8, 4) is 0 Å². The molecule has 0 fully saturated rings. The van der Waals surface area contributed by atoms with Crippen LogP contribution in [0.15, 0.2) is 0 Å². The molecule has 0 spiro atoms. The molecule has 0 radical (unpaired) electrons. The molecule has 0 amide bonds. The minimum absolute atomic E-state index is 0.0132. The number of nitrogens with two attached hydrogens (primary N) is 2. The topological polar surface area (TPSA) is 105 Å². The Kier molecular flexibility index (Phi) is 5.01. The third kappa shape index (κ3) is 3.86. The highest BCUT2D eigenvalue weighted by atomic mass is 16.5. The van der Waals surface area contributed by atoms with E-state index in [-0.39, 0.29) is 6.42 Å². The lowest BCUT2D eigenvalue weighted by atomic mass is 10.1. The Hall–Kier alpha value is -1.14. The Balaban J connectivity index is 3.98. The normalized spacial score (nSPS) is 14.5. The summed E-state index contributed by atoms with van der Waals surface area (Å²) in [6.07, 6.45) is 0.0132. The van der Waals surface area contributed by atoms with Gasteiger partial charge in [-0.1, -0.05) is 0 Å². The van der Waals surface area contributed by atoms with Gasteiger partial charge in [0, 0.05) is 0 Å². The quantitative estimate of drug-likeness (QED) is 0.516. The molecule has 0 unspecified atom stereocenters. The van der Waals surface area contributed by atoms with Gasteiger partial charge in [0.1, 0.15) is 12.1 Å². The summed E-state index contributed by atoms with van der Waals surface area (Å²) in [6, 6.07) is -1.78. The molecule has 0 aromatic rings. The van der Waals surface area contributed by atoms with Gasteiger partial charge in [0.15, 0.2) is 0 Å². The first kappa shape index (κ1) is 11.9. The summed E-state index contributed by atoms with van der Waals surface area (Å²) in [5, 5.41) is 0. The third-order valence-corrected chi connectivity index (χ3v) is 1.52. The van der Waals surface area contributed by atoms with Crippen LogP contribution in [0.1, 0.15) is 6.42 Å². The van der Waals surface area contributed by atoms with E-state index in [2.05, 4.69) is 9.47 Å². The molecule has 13 heavy (non-hydrogen) atoms. The average molecular weight is 190 g/mol. The van der Waals surface area contributed by atoms with E-state index in [1.165, 1.54) is 14.2 Å². The first-order chi connectivity index (χ1) is 6.02. The summed E-state index contributed by atoms with van der Waals surface area (Å²) >= 11 is 0. The minimum Gasteiger partial charge on any atom is -0.468 e. The summed E-state index contributed by atoms with van der Waals surface area (Å²) in [5.41, 5.74) is 10.7. The Morgan fingerprint density at radius 1 is 1.08 bits per heavy atom. The van der Waals surface area contributed by atoms with E-state index < -0.39 is 24.0 Å². The second kappa shape index (κ2) is 5.50. The van der Waals surface area contributed by atoms with E-state index in [0.717, 1.165) is 0 Å². The van der Waals surface area contributed by atoms with Crippen molar-refractivity contribution < 1.29 is 19.1 Å². The Labute approximate surface area is 76.2 Å². The van der Waals surface area contributed by atoms with E-state index in [1.54, 1.807) is 0 Å². The van der Waals surface area contributed by atoms with Crippen molar-refractivity contribution in [2.24, 2.45) is 11.5 Å². The van der Waals surface area contributed by atoms with Crippen LogP contribution in [0.2, 0.25) is 0 Å². The number of methoxy groups -OCH3 is 2. The molecule has 0 aromatic carbocycles. The molecule has 0 aliphatic heterocycles. The fraction of sp³-hybridized carbons (Fsp3) is 0.714. The minimum atomic E-state index is -0.890. The van der Waals surface area contributed by atoms with Crippen molar-refractivity contribution in [3.63, 3.8) is 0 Å². The second-order valence-electron chi connectivity index (χ2n) is 2.50. The van der Waals surface area contributed by atoms with E-state index in [4.69, 9.17) is 11.5 Å². The van der Waals surface area contributed by atoms with Gasteiger partial charge < -0.3 is 20.9 Å². The fourth-order valence-electron chi connectivity index (χ4n) is 0.769. The van der Waals surface area contributed by atoms with Crippen LogP contribution in [0.4, 0.5) is 0 Å². The van der Waals surface area contributed by atoms with Gasteiger partial charge >= 0.3 is 11.9 Å². The van der Waals surface area contributed by atoms with Crippen LogP contribution in [-0.2, 0) is 19.1 Å². The summed E-state index contributed by atoms with van der Waals surface area (Å²) in [4.78, 5) is 21.6. The van der Waals surface area contributed by atoms with Crippen molar-refractivity contribution in [3.05, 3.63) is 0 Å². The van der Waals surface area contributed by atoms with Crippen LogP contribution in [0.25, 0.3) is 0 Å². The highest BCUT2D eigenvalue weighted by Gasteiger charge is 2.22. The maximum absolute atomic E-state index is 10.8. The van der Waals surface area contributed by atoms with E-state index in [9.17, 15) is 9.59 Å². The molecule has 4 N–H and O–H groups in total. The molecule has 0 aliphatic rings. The Morgan fingerprint density at radius 2 is 1.38 bits per heavy atom. The molecule has 6 heteroatoms. The SMILES string of the molecule is COC(=O)[C@H](N)C[C@H](N)C(=O)OC. The van der Waals surface area contributed by atoms with Gasteiger partial charge in [0.2, 0.25) is 0 Å². The number of carbonyl (C=O) groups excluding carboxylic acids is 2. The Morgan fingerprint density at radius 3 is 1.62 bits per heavy atom. The average Bonchev–Trinajstić information content (AvgIpc) is 2.14. The van der Waals surface area contributed by atoms with Crippen LogP contribution >= 0.6 is 0 Å². The molecule has 6 nitrogen and oxygen atoms in total. The van der Waals surface area contributed by atoms with Crippen LogP contribution < -0.4 is 11.5 Å². The van der Waals surface area contributed by atoms with E-state index >= 15 is 0 Å². The van der Waals surface area contributed by atoms with Crippen molar-refractivity contribution in [2.45, 2.75) is 18.5 Å². The predicted octanol–water partition coefficient (Wildman–Crippen LogP) is -1.62. The number of esters is 2. The Bertz CT molecular complexity index is 175.